The molecule has 1 fully saturated rings. The van der Waals surface area contributed by atoms with Gasteiger partial charge in [-0.1, -0.05) is 12.1 Å². The molecule has 0 radical (unpaired) electrons. The zero-order valence-corrected chi connectivity index (χ0v) is 19.7. The van der Waals surface area contributed by atoms with Crippen LogP contribution in [-0.2, 0) is 23.1 Å². The zero-order valence-electron chi connectivity index (χ0n) is 18.8. The summed E-state index contributed by atoms with van der Waals surface area (Å²) in [6.45, 7) is 1.26. The summed E-state index contributed by atoms with van der Waals surface area (Å²) < 4.78 is 28.9. The Morgan fingerprint density at radius 2 is 2.12 bits per heavy atom. The molecule has 1 aromatic heterocycles. The number of pyridine rings is 1. The number of hydrogen-bond acceptors (Lipinski definition) is 6. The third-order valence-corrected chi connectivity index (χ3v) is 7.89. The number of carbonyl (C=O) groups is 1. The molecule has 0 spiro atoms. The number of nitrogens with one attached hydrogen (secondary N) is 2. The van der Waals surface area contributed by atoms with E-state index in [2.05, 4.69) is 19.9 Å². The Hall–Kier alpha value is -3.00. The maximum atomic E-state index is 12.8. The van der Waals surface area contributed by atoms with Gasteiger partial charge in [0.25, 0.3) is 0 Å². The van der Waals surface area contributed by atoms with E-state index in [0.29, 0.717) is 12.2 Å². The van der Waals surface area contributed by atoms with Gasteiger partial charge in [0.05, 0.1) is 5.69 Å². The topological polar surface area (TPSA) is 118 Å². The van der Waals surface area contributed by atoms with Gasteiger partial charge in [-0.2, -0.15) is 18.0 Å². The van der Waals surface area contributed by atoms with E-state index in [9.17, 15) is 18.5 Å². The number of nitrogens with zero attached hydrogens (tertiary/aromatic N) is 4. The first-order valence-electron chi connectivity index (χ1n) is 11.0. The molecule has 0 saturated carbocycles. The fourth-order valence-corrected chi connectivity index (χ4v) is 5.46. The number of urea groups is 1. The molecule has 174 valence electrons. The Balaban J connectivity index is 1.56. The van der Waals surface area contributed by atoms with Crippen molar-refractivity contribution < 1.29 is 13.2 Å². The van der Waals surface area contributed by atoms with Crippen molar-refractivity contribution >= 4 is 21.9 Å². The van der Waals surface area contributed by atoms with Gasteiger partial charge in [-0.25, -0.2) is 14.5 Å². The first kappa shape index (κ1) is 23.2. The van der Waals surface area contributed by atoms with Crippen LogP contribution in [0.3, 0.4) is 0 Å². The second-order valence-corrected chi connectivity index (χ2v) is 10.4. The number of rotatable bonds is 6. The highest BCUT2D eigenvalue weighted by Crippen LogP contribution is 2.37. The Morgan fingerprint density at radius 1 is 1.30 bits per heavy atom. The second kappa shape index (κ2) is 9.47. The molecule has 10 heteroatoms. The van der Waals surface area contributed by atoms with Crippen molar-refractivity contribution in [2.75, 3.05) is 32.5 Å². The van der Waals surface area contributed by atoms with E-state index in [-0.39, 0.29) is 11.7 Å². The summed E-state index contributed by atoms with van der Waals surface area (Å²) in [5, 5.41) is 12.0. The summed E-state index contributed by atoms with van der Waals surface area (Å²) in [4.78, 5) is 19.0. The fourth-order valence-electron chi connectivity index (χ4n) is 4.65. The largest absolute Gasteiger partial charge is 0.333 e. The van der Waals surface area contributed by atoms with E-state index >= 15 is 0 Å². The molecule has 2 heterocycles. The van der Waals surface area contributed by atoms with Crippen molar-refractivity contribution in [2.24, 2.45) is 0 Å². The van der Waals surface area contributed by atoms with Crippen LogP contribution in [0.1, 0.15) is 36.1 Å². The zero-order chi connectivity index (χ0) is 23.6. The van der Waals surface area contributed by atoms with Gasteiger partial charge in [0.1, 0.15) is 11.8 Å². The van der Waals surface area contributed by atoms with Gasteiger partial charge >= 0.3 is 16.2 Å². The second-order valence-electron chi connectivity index (χ2n) is 8.64. The minimum atomic E-state index is -4.00. The lowest BCUT2D eigenvalue weighted by molar-refractivity contribution is 0.253. The molecule has 4 rings (SSSR count). The summed E-state index contributed by atoms with van der Waals surface area (Å²) in [5.74, 6) is 0. The molecule has 33 heavy (non-hydrogen) atoms. The average molecular weight is 469 g/mol. The maximum absolute atomic E-state index is 12.8. The standard InChI is InChI=1S/C23H28N6O3S/c1-28-12-4-6-19(28)15-29(2)33(31,32)27-23(30)26-22-20-7-3-5-16(20)8-9-21(22)17-10-11-25-18(13-17)14-24/h8-11,13,19H,3-7,12,15H2,1-2H3,(H2,26,27,30). The van der Waals surface area contributed by atoms with Crippen molar-refractivity contribution in [3.05, 3.63) is 47.3 Å². The summed E-state index contributed by atoms with van der Waals surface area (Å²) >= 11 is 0. The number of nitriles is 1. The molecule has 2 aliphatic rings. The molecule has 1 atom stereocenters. The summed E-state index contributed by atoms with van der Waals surface area (Å²) in [5.41, 5.74) is 4.43. The molecule has 1 aromatic carbocycles. The summed E-state index contributed by atoms with van der Waals surface area (Å²) in [6.07, 6.45) is 6.17. The lowest BCUT2D eigenvalue weighted by Crippen LogP contribution is -2.47. The predicted molar refractivity (Wildman–Crippen MR) is 126 cm³/mol. The van der Waals surface area contributed by atoms with Crippen molar-refractivity contribution in [1.82, 2.24) is 18.9 Å². The van der Waals surface area contributed by atoms with Crippen molar-refractivity contribution in [3.63, 3.8) is 0 Å². The van der Waals surface area contributed by atoms with E-state index in [0.717, 1.165) is 60.9 Å². The fraction of sp³-hybridized carbons (Fsp3) is 0.435. The maximum Gasteiger partial charge on any atom is 0.333 e. The number of fused-ring (bicyclic) bond motifs is 1. The normalized spacial score (nSPS) is 18.2. The Kier molecular flexibility index (Phi) is 6.65. The van der Waals surface area contributed by atoms with Gasteiger partial charge in [0, 0.05) is 31.4 Å². The molecule has 0 bridgehead atoms. The van der Waals surface area contributed by atoms with Gasteiger partial charge in [0.2, 0.25) is 0 Å². The molecule has 2 amide bonds. The monoisotopic (exact) mass is 468 g/mol. The Labute approximate surface area is 194 Å². The van der Waals surface area contributed by atoms with E-state index in [1.54, 1.807) is 18.3 Å². The number of anilines is 1. The minimum Gasteiger partial charge on any atom is -0.306 e. The number of hydrogen-bond donors (Lipinski definition) is 2. The summed E-state index contributed by atoms with van der Waals surface area (Å²) in [6, 6.07) is 8.70. The van der Waals surface area contributed by atoms with Crippen LogP contribution in [0.25, 0.3) is 11.1 Å². The van der Waals surface area contributed by atoms with E-state index < -0.39 is 16.2 Å². The van der Waals surface area contributed by atoms with Crippen LogP contribution in [0.2, 0.25) is 0 Å². The first-order valence-corrected chi connectivity index (χ1v) is 12.5. The number of benzene rings is 1. The molecular formula is C23H28N6O3S. The SMILES string of the molecule is CN1CCCC1CN(C)S(=O)(=O)NC(=O)Nc1c(-c2ccnc(C#N)c2)ccc2c1CCC2. The number of aromatic nitrogens is 1. The van der Waals surface area contributed by atoms with Crippen molar-refractivity contribution in [2.45, 2.75) is 38.1 Å². The van der Waals surface area contributed by atoms with Crippen LogP contribution in [-0.4, -0.2) is 61.9 Å². The van der Waals surface area contributed by atoms with Gasteiger partial charge in [-0.3, -0.25) is 0 Å². The van der Waals surface area contributed by atoms with E-state index in [4.69, 9.17) is 0 Å². The van der Waals surface area contributed by atoms with Gasteiger partial charge in [-0.15, -0.1) is 0 Å². The van der Waals surface area contributed by atoms with Crippen LogP contribution >= 0.6 is 0 Å². The van der Waals surface area contributed by atoms with Crippen LogP contribution in [0, 0.1) is 11.3 Å². The molecule has 2 N–H and O–H groups in total. The molecule has 1 saturated heterocycles. The van der Waals surface area contributed by atoms with Gasteiger partial charge in [0.15, 0.2) is 0 Å². The predicted octanol–water partition coefficient (Wildman–Crippen LogP) is 2.50. The third-order valence-electron chi connectivity index (χ3n) is 6.48. The molecule has 1 aliphatic carbocycles. The highest BCUT2D eigenvalue weighted by molar-refractivity contribution is 7.87. The Bertz CT molecular complexity index is 1210. The molecular weight excluding hydrogens is 440 g/mol. The van der Waals surface area contributed by atoms with Gasteiger partial charge in [-0.05, 0) is 74.5 Å². The number of likely N-dealkylation sites (tertiary alicyclic amines) is 1. The first-order chi connectivity index (χ1) is 15.8. The van der Waals surface area contributed by atoms with Crippen molar-refractivity contribution in [3.8, 4) is 17.2 Å². The van der Waals surface area contributed by atoms with E-state index in [1.165, 1.54) is 11.4 Å². The van der Waals surface area contributed by atoms with Gasteiger partial charge < -0.3 is 10.2 Å². The van der Waals surface area contributed by atoms with E-state index in [1.807, 2.05) is 25.2 Å². The minimum absolute atomic E-state index is 0.139. The number of likely N-dealkylation sites (N-methyl/N-ethyl adjacent to an activating group) is 2. The third kappa shape index (κ3) is 5.00. The van der Waals surface area contributed by atoms with Crippen LogP contribution in [0.4, 0.5) is 10.5 Å². The highest BCUT2D eigenvalue weighted by Gasteiger charge is 2.29. The number of amides is 2. The summed E-state index contributed by atoms with van der Waals surface area (Å²) in [7, 11) is -0.542. The lowest BCUT2D eigenvalue weighted by Gasteiger charge is -2.25. The molecule has 1 aliphatic heterocycles. The quantitative estimate of drug-likeness (QED) is 0.672. The number of aryl methyl sites for hydroxylation is 1. The van der Waals surface area contributed by atoms with Crippen LogP contribution < -0.4 is 10.0 Å². The van der Waals surface area contributed by atoms with Crippen LogP contribution in [0.5, 0.6) is 0 Å². The Morgan fingerprint density at radius 3 is 2.85 bits per heavy atom. The highest BCUT2D eigenvalue weighted by atomic mass is 32.2. The molecule has 1 unspecified atom stereocenters. The van der Waals surface area contributed by atoms with Crippen molar-refractivity contribution in [1.29, 1.82) is 5.26 Å². The molecule has 9 nitrogen and oxygen atoms in total. The molecule has 2 aromatic rings. The lowest BCUT2D eigenvalue weighted by atomic mass is 9.97. The number of carbonyl (C=O) groups excluding carboxylic acids is 1. The smallest absolute Gasteiger partial charge is 0.306 e. The average Bonchev–Trinajstić information content (AvgIpc) is 3.42. The van der Waals surface area contributed by atoms with Crippen LogP contribution in [0.15, 0.2) is 30.5 Å².